The standard InChI is InChI=1S/3C6H14N.3C5H11O.C2H6.Cr/c3*1-5(2)7-6(3)4;3*1-3-4-5-6-2;1-2;/h3*5-6H,1-4H3;3*2-5H2,1H3;1-2H3;/q6*-1;;+6. The van der Waals surface area contributed by atoms with E-state index in [0.717, 1.165) is 39.1 Å². The van der Waals surface area contributed by atoms with Crippen LogP contribution in [0.1, 0.15) is 156 Å². The van der Waals surface area contributed by atoms with Crippen LogP contribution in [0.25, 0.3) is 16.0 Å². The van der Waals surface area contributed by atoms with Gasteiger partial charge in [0.05, 0.1) is 0 Å². The Hall–Kier alpha value is 0.292. The van der Waals surface area contributed by atoms with Crippen LogP contribution in [0.3, 0.4) is 0 Å². The van der Waals surface area contributed by atoms with E-state index in [9.17, 15) is 0 Å². The summed E-state index contributed by atoms with van der Waals surface area (Å²) in [4.78, 5) is 0. The molecule has 0 amide bonds. The van der Waals surface area contributed by atoms with E-state index < -0.39 is 0 Å². The first-order valence-electron chi connectivity index (χ1n) is 16.3. The van der Waals surface area contributed by atoms with Crippen molar-refractivity contribution in [2.24, 2.45) is 0 Å². The van der Waals surface area contributed by atoms with Gasteiger partial charge in [-0.2, -0.15) is 0 Å². The molecule has 0 aromatic heterocycles. The summed E-state index contributed by atoms with van der Waals surface area (Å²) >= 11 is 0. The number of unbranched alkanes of at least 4 members (excludes halogenated alkanes) is 3. The fourth-order valence-corrected chi connectivity index (χ4v) is 2.53. The summed E-state index contributed by atoms with van der Waals surface area (Å²) in [6, 6.07) is 3.00. The zero-order valence-electron chi connectivity index (χ0n) is 31.9. The largest absolute Gasteiger partial charge is 6.00 e. The summed E-state index contributed by atoms with van der Waals surface area (Å²) in [6.07, 6.45) is 6.96. The molecule has 0 radical (unpaired) electrons. The minimum Gasteiger partial charge on any atom is -0.658 e. The van der Waals surface area contributed by atoms with E-state index in [-0.39, 0.29) is 17.4 Å². The summed E-state index contributed by atoms with van der Waals surface area (Å²) in [6.45, 7) is 37.9. The van der Waals surface area contributed by atoms with Gasteiger partial charge in [0.25, 0.3) is 0 Å². The Morgan fingerprint density at radius 1 is 0.405 bits per heavy atom. The van der Waals surface area contributed by atoms with E-state index in [1.807, 2.05) is 13.8 Å². The normalized spacial score (nSPS) is 9.57. The van der Waals surface area contributed by atoms with Crippen molar-refractivity contribution in [2.75, 3.05) is 19.8 Å². The van der Waals surface area contributed by atoms with Crippen LogP contribution in [0, 0.1) is 21.3 Å². The molecular formula is C35H81CrN3O3. The second-order valence-corrected chi connectivity index (χ2v) is 10.8. The van der Waals surface area contributed by atoms with Crippen LogP contribution in [0.2, 0.25) is 0 Å². The van der Waals surface area contributed by atoms with Crippen molar-refractivity contribution in [3.05, 3.63) is 37.3 Å². The van der Waals surface area contributed by atoms with Gasteiger partial charge in [0.2, 0.25) is 0 Å². The van der Waals surface area contributed by atoms with E-state index in [0.29, 0.717) is 36.3 Å². The molecule has 0 bridgehead atoms. The molecule has 0 fully saturated rings. The molecule has 42 heavy (non-hydrogen) atoms. The predicted octanol–water partition coefficient (Wildman–Crippen LogP) is 12.3. The molecule has 0 heterocycles. The number of hydrogen-bond donors (Lipinski definition) is 0. The number of rotatable bonds is 15. The number of nitrogens with zero attached hydrogens (tertiary/aromatic N) is 3. The maximum atomic E-state index is 4.53. The van der Waals surface area contributed by atoms with Gasteiger partial charge in [-0.25, -0.2) is 21.3 Å². The maximum absolute atomic E-state index is 4.53. The third-order valence-electron chi connectivity index (χ3n) is 3.72. The van der Waals surface area contributed by atoms with Crippen LogP contribution < -0.4 is 0 Å². The summed E-state index contributed by atoms with van der Waals surface area (Å²) in [7, 11) is 9.67. The van der Waals surface area contributed by atoms with Crippen molar-refractivity contribution in [2.45, 2.75) is 192 Å². The van der Waals surface area contributed by atoms with Crippen molar-refractivity contribution < 1.29 is 31.6 Å². The molecule has 0 rings (SSSR count). The molecule has 260 valence electrons. The van der Waals surface area contributed by atoms with Crippen LogP contribution >= 0.6 is 0 Å². The molecule has 0 N–H and O–H groups in total. The molecule has 0 aliphatic rings. The van der Waals surface area contributed by atoms with Gasteiger partial charge in [-0.3, -0.25) is 0 Å². The van der Waals surface area contributed by atoms with Gasteiger partial charge in [0, 0.05) is 19.8 Å². The smallest absolute Gasteiger partial charge is 0.658 e. The van der Waals surface area contributed by atoms with Crippen molar-refractivity contribution in [1.29, 1.82) is 0 Å². The fraction of sp³-hybridized carbons (Fsp3) is 0.914. The molecule has 0 aromatic rings. The minimum absolute atomic E-state index is 0. The number of hydrogen-bond acceptors (Lipinski definition) is 3. The van der Waals surface area contributed by atoms with Gasteiger partial charge in [0.15, 0.2) is 0 Å². The van der Waals surface area contributed by atoms with Gasteiger partial charge < -0.3 is 30.2 Å². The third kappa shape index (κ3) is 137. The van der Waals surface area contributed by atoms with Gasteiger partial charge in [-0.05, 0) is 19.3 Å². The minimum atomic E-state index is 0. The Kier molecular flexibility index (Phi) is 88.3. The van der Waals surface area contributed by atoms with Crippen LogP contribution in [0.4, 0.5) is 0 Å². The molecule has 0 aromatic carbocycles. The SMILES string of the molecule is CC.CC(C)[N-]C(C)C.CC(C)[N-]C(C)C.CC(C)[N-]C(C)C.[CH2-]OCCCC.[CH2-]OCCCC.[CH2-]OCCCC.[Cr+6]. The van der Waals surface area contributed by atoms with Crippen molar-refractivity contribution in [3.63, 3.8) is 0 Å². The van der Waals surface area contributed by atoms with Gasteiger partial charge in [-0.15, -0.1) is 36.3 Å². The van der Waals surface area contributed by atoms with Gasteiger partial charge >= 0.3 is 17.4 Å². The second kappa shape index (κ2) is 60.5. The summed E-state index contributed by atoms with van der Waals surface area (Å²) in [5, 5.41) is 12.8. The topological polar surface area (TPSA) is 70.0 Å². The Morgan fingerprint density at radius 3 is 0.571 bits per heavy atom. The van der Waals surface area contributed by atoms with E-state index in [1.54, 1.807) is 0 Å². The molecule has 0 unspecified atom stereocenters. The van der Waals surface area contributed by atoms with Crippen LogP contribution in [-0.2, 0) is 31.6 Å². The fourth-order valence-electron chi connectivity index (χ4n) is 2.53. The Morgan fingerprint density at radius 2 is 0.548 bits per heavy atom. The van der Waals surface area contributed by atoms with Crippen LogP contribution in [0.5, 0.6) is 0 Å². The zero-order valence-corrected chi connectivity index (χ0v) is 33.2. The first kappa shape index (κ1) is 61.3. The number of ether oxygens (including phenoxy) is 3. The molecule has 0 saturated carbocycles. The molecule has 0 aliphatic carbocycles. The maximum Gasteiger partial charge on any atom is 6.00 e. The zero-order chi connectivity index (χ0) is 34.1. The van der Waals surface area contributed by atoms with E-state index in [2.05, 4.69) is 155 Å². The second-order valence-electron chi connectivity index (χ2n) is 10.8. The third-order valence-corrected chi connectivity index (χ3v) is 3.72. The molecule has 0 saturated heterocycles. The van der Waals surface area contributed by atoms with E-state index in [4.69, 9.17) is 0 Å². The van der Waals surface area contributed by atoms with Crippen LogP contribution in [-0.4, -0.2) is 56.1 Å². The first-order chi connectivity index (χ1) is 19.1. The predicted molar refractivity (Wildman–Crippen MR) is 191 cm³/mol. The molecule has 0 atom stereocenters. The molecule has 0 spiro atoms. The van der Waals surface area contributed by atoms with E-state index in [1.165, 1.54) is 19.3 Å². The molecule has 6 nitrogen and oxygen atoms in total. The van der Waals surface area contributed by atoms with Crippen molar-refractivity contribution in [1.82, 2.24) is 0 Å². The Labute approximate surface area is 280 Å². The average molecular weight is 644 g/mol. The first-order valence-corrected chi connectivity index (χ1v) is 16.3. The van der Waals surface area contributed by atoms with E-state index >= 15 is 0 Å². The Balaban J connectivity index is -0.0000000542. The molecule has 0 aliphatic heterocycles. The van der Waals surface area contributed by atoms with Crippen molar-refractivity contribution >= 4 is 0 Å². The summed E-state index contributed by atoms with van der Waals surface area (Å²) in [5.41, 5.74) is 0. The van der Waals surface area contributed by atoms with Gasteiger partial charge in [0.1, 0.15) is 0 Å². The summed E-state index contributed by atoms with van der Waals surface area (Å²) in [5.74, 6) is 0. The Bertz CT molecular complexity index is 276. The quantitative estimate of drug-likeness (QED) is 0.132. The molecule has 7 heteroatoms. The van der Waals surface area contributed by atoms with Gasteiger partial charge in [-0.1, -0.05) is 137 Å². The molecular weight excluding hydrogens is 562 g/mol. The monoisotopic (exact) mass is 644 g/mol. The summed E-state index contributed by atoms with van der Waals surface area (Å²) < 4.78 is 13.6. The average Bonchev–Trinajstić information content (AvgIpc) is 2.85. The van der Waals surface area contributed by atoms with Crippen LogP contribution in [0.15, 0.2) is 0 Å². The van der Waals surface area contributed by atoms with Crippen molar-refractivity contribution in [3.8, 4) is 0 Å².